The normalized spacial score (nSPS) is 23.3. The molecule has 5 nitrogen and oxygen atoms in total. The maximum atomic E-state index is 11.5. The van der Waals surface area contributed by atoms with E-state index in [1.54, 1.807) is 23.1 Å². The lowest BCUT2D eigenvalue weighted by Gasteiger charge is -2.40. The SMILES string of the molecule is COC(=O)CC1CC(CSc2nc3ccccc3s2)OC(C)(C)O1. The monoisotopic (exact) mass is 367 g/mol. The molecule has 0 bridgehead atoms. The largest absolute Gasteiger partial charge is 0.469 e. The molecule has 0 aliphatic carbocycles. The molecule has 1 aromatic heterocycles. The molecule has 7 heteroatoms. The van der Waals surface area contributed by atoms with Crippen LogP contribution in [0.2, 0.25) is 0 Å². The highest BCUT2D eigenvalue weighted by Gasteiger charge is 2.36. The lowest BCUT2D eigenvalue weighted by molar-refractivity contribution is -0.295. The van der Waals surface area contributed by atoms with Crippen LogP contribution in [0.4, 0.5) is 0 Å². The number of para-hydroxylation sites is 1. The van der Waals surface area contributed by atoms with Gasteiger partial charge in [-0.1, -0.05) is 23.9 Å². The highest BCUT2D eigenvalue weighted by molar-refractivity contribution is 8.01. The number of ether oxygens (including phenoxy) is 3. The van der Waals surface area contributed by atoms with Gasteiger partial charge in [0.2, 0.25) is 0 Å². The van der Waals surface area contributed by atoms with Gasteiger partial charge in [0.25, 0.3) is 0 Å². The molecule has 1 aliphatic heterocycles. The first-order chi connectivity index (χ1) is 11.4. The maximum Gasteiger partial charge on any atom is 0.308 e. The van der Waals surface area contributed by atoms with E-state index in [-0.39, 0.29) is 24.6 Å². The van der Waals surface area contributed by atoms with Crippen LogP contribution >= 0.6 is 23.1 Å². The Balaban J connectivity index is 1.61. The summed E-state index contributed by atoms with van der Waals surface area (Å²) < 4.78 is 18.8. The number of hydrogen-bond acceptors (Lipinski definition) is 7. The van der Waals surface area contributed by atoms with Crippen LogP contribution in [0.1, 0.15) is 26.7 Å². The fraction of sp³-hybridized carbons (Fsp3) is 0.529. The van der Waals surface area contributed by atoms with E-state index in [1.165, 1.54) is 11.8 Å². The molecule has 0 N–H and O–H groups in total. The first kappa shape index (κ1) is 17.7. The number of carbonyl (C=O) groups excluding carboxylic acids is 1. The van der Waals surface area contributed by atoms with Gasteiger partial charge >= 0.3 is 5.97 Å². The molecule has 130 valence electrons. The number of nitrogens with zero attached hydrogens (tertiary/aromatic N) is 1. The first-order valence-electron chi connectivity index (χ1n) is 7.86. The Morgan fingerprint density at radius 3 is 2.88 bits per heavy atom. The van der Waals surface area contributed by atoms with Gasteiger partial charge in [-0.3, -0.25) is 4.79 Å². The Morgan fingerprint density at radius 2 is 2.12 bits per heavy atom. The molecule has 1 saturated heterocycles. The van der Waals surface area contributed by atoms with Crippen LogP contribution in [0.3, 0.4) is 0 Å². The third-order valence-electron chi connectivity index (χ3n) is 3.72. The van der Waals surface area contributed by atoms with Crippen molar-refractivity contribution in [1.82, 2.24) is 4.98 Å². The zero-order chi connectivity index (χ0) is 17.2. The highest BCUT2D eigenvalue weighted by atomic mass is 32.2. The van der Waals surface area contributed by atoms with E-state index < -0.39 is 5.79 Å². The predicted octanol–water partition coefficient (Wildman–Crippen LogP) is 3.86. The third-order valence-corrected chi connectivity index (χ3v) is 6.03. The summed E-state index contributed by atoms with van der Waals surface area (Å²) in [5.74, 6) is -0.171. The van der Waals surface area contributed by atoms with Crippen molar-refractivity contribution in [3.05, 3.63) is 24.3 Å². The predicted molar refractivity (Wildman–Crippen MR) is 95.4 cm³/mol. The minimum Gasteiger partial charge on any atom is -0.469 e. The van der Waals surface area contributed by atoms with E-state index in [0.29, 0.717) is 6.42 Å². The average molecular weight is 367 g/mol. The summed E-state index contributed by atoms with van der Waals surface area (Å²) >= 11 is 3.38. The molecule has 24 heavy (non-hydrogen) atoms. The number of thioether (sulfide) groups is 1. The zero-order valence-electron chi connectivity index (χ0n) is 14.0. The Hall–Kier alpha value is -1.15. The van der Waals surface area contributed by atoms with Gasteiger partial charge in [0.15, 0.2) is 10.1 Å². The molecule has 2 unspecified atom stereocenters. The molecule has 2 atom stereocenters. The second-order valence-electron chi connectivity index (χ2n) is 6.15. The number of fused-ring (bicyclic) bond motifs is 1. The summed E-state index contributed by atoms with van der Waals surface area (Å²) in [6.45, 7) is 3.76. The molecule has 0 spiro atoms. The molecular formula is C17H21NO4S2. The van der Waals surface area contributed by atoms with Crippen LogP contribution < -0.4 is 0 Å². The highest BCUT2D eigenvalue weighted by Crippen LogP contribution is 2.34. The summed E-state index contributed by atoms with van der Waals surface area (Å²) in [5, 5.41) is 0. The number of carbonyl (C=O) groups is 1. The van der Waals surface area contributed by atoms with Crippen molar-refractivity contribution < 1.29 is 19.0 Å². The Morgan fingerprint density at radius 1 is 1.38 bits per heavy atom. The van der Waals surface area contributed by atoms with Crippen LogP contribution in [-0.2, 0) is 19.0 Å². The van der Waals surface area contributed by atoms with Crippen LogP contribution in [0.15, 0.2) is 28.6 Å². The minimum absolute atomic E-state index is 0.0143. The Labute approximate surface area is 149 Å². The number of hydrogen-bond donors (Lipinski definition) is 0. The second kappa shape index (κ2) is 7.39. The molecule has 0 saturated carbocycles. The minimum atomic E-state index is -0.699. The molecular weight excluding hydrogens is 346 g/mol. The van der Waals surface area contributed by atoms with Gasteiger partial charge in [-0.2, -0.15) is 0 Å². The zero-order valence-corrected chi connectivity index (χ0v) is 15.6. The summed E-state index contributed by atoms with van der Waals surface area (Å²) in [7, 11) is 1.40. The summed E-state index contributed by atoms with van der Waals surface area (Å²) in [6.07, 6.45) is 0.768. The fourth-order valence-corrected chi connectivity index (χ4v) is 4.89. The van der Waals surface area contributed by atoms with Crippen LogP contribution in [0.5, 0.6) is 0 Å². The van der Waals surface area contributed by atoms with E-state index in [1.807, 2.05) is 32.0 Å². The van der Waals surface area contributed by atoms with Crippen LogP contribution in [0, 0.1) is 0 Å². The van der Waals surface area contributed by atoms with Gasteiger partial charge in [-0.05, 0) is 26.0 Å². The smallest absolute Gasteiger partial charge is 0.308 e. The number of rotatable bonds is 5. The number of esters is 1. The number of thiazole rings is 1. The van der Waals surface area contributed by atoms with Crippen molar-refractivity contribution in [1.29, 1.82) is 0 Å². The van der Waals surface area contributed by atoms with Crippen molar-refractivity contribution in [2.75, 3.05) is 12.9 Å². The Kier molecular flexibility index (Phi) is 5.44. The second-order valence-corrected chi connectivity index (χ2v) is 8.45. The van der Waals surface area contributed by atoms with Crippen LogP contribution in [-0.4, -0.2) is 41.8 Å². The van der Waals surface area contributed by atoms with Gasteiger partial charge in [0.1, 0.15) is 0 Å². The topological polar surface area (TPSA) is 57.7 Å². The quantitative estimate of drug-likeness (QED) is 0.591. The van der Waals surface area contributed by atoms with Crippen molar-refractivity contribution >= 4 is 39.3 Å². The fourth-order valence-electron chi connectivity index (χ4n) is 2.79. The third kappa shape index (κ3) is 4.47. The number of methoxy groups -OCH3 is 1. The van der Waals surface area contributed by atoms with Crippen molar-refractivity contribution in [2.45, 2.75) is 49.0 Å². The molecule has 1 aliphatic rings. The molecule has 2 heterocycles. The molecule has 2 aromatic rings. The van der Waals surface area contributed by atoms with Crippen molar-refractivity contribution in [3.63, 3.8) is 0 Å². The standard InChI is InChI=1S/C17H21NO4S2/c1-17(2)21-11(9-15(19)20-3)8-12(22-17)10-23-16-18-13-6-4-5-7-14(13)24-16/h4-7,11-12H,8-10H2,1-3H3. The van der Waals surface area contributed by atoms with E-state index in [4.69, 9.17) is 14.2 Å². The van der Waals surface area contributed by atoms with E-state index in [9.17, 15) is 4.79 Å². The van der Waals surface area contributed by atoms with Gasteiger partial charge < -0.3 is 14.2 Å². The lowest BCUT2D eigenvalue weighted by Crippen LogP contribution is -2.46. The molecule has 3 rings (SSSR count). The van der Waals surface area contributed by atoms with Gasteiger partial charge in [-0.25, -0.2) is 4.98 Å². The molecule has 0 radical (unpaired) electrons. The average Bonchev–Trinajstić information content (AvgIpc) is 2.94. The maximum absolute atomic E-state index is 11.5. The first-order valence-corrected chi connectivity index (χ1v) is 9.66. The van der Waals surface area contributed by atoms with Gasteiger partial charge in [-0.15, -0.1) is 11.3 Å². The lowest BCUT2D eigenvalue weighted by atomic mass is 10.1. The molecule has 1 aromatic carbocycles. The van der Waals surface area contributed by atoms with Gasteiger partial charge in [0, 0.05) is 12.2 Å². The number of benzene rings is 1. The summed E-state index contributed by atoms with van der Waals surface area (Å²) in [4.78, 5) is 16.2. The molecule has 0 amide bonds. The molecule has 1 fully saturated rings. The van der Waals surface area contributed by atoms with E-state index >= 15 is 0 Å². The van der Waals surface area contributed by atoms with E-state index in [0.717, 1.165) is 15.6 Å². The summed E-state index contributed by atoms with van der Waals surface area (Å²) in [6, 6.07) is 8.13. The van der Waals surface area contributed by atoms with Crippen molar-refractivity contribution in [2.24, 2.45) is 0 Å². The van der Waals surface area contributed by atoms with Gasteiger partial charge in [0.05, 0.1) is 36.0 Å². The Bertz CT molecular complexity index is 682. The summed E-state index contributed by atoms with van der Waals surface area (Å²) in [5.41, 5.74) is 1.03. The van der Waals surface area contributed by atoms with Crippen molar-refractivity contribution in [3.8, 4) is 0 Å². The number of aromatic nitrogens is 1. The van der Waals surface area contributed by atoms with E-state index in [2.05, 4.69) is 11.1 Å². The van der Waals surface area contributed by atoms with Crippen LogP contribution in [0.25, 0.3) is 10.2 Å².